The van der Waals surface area contributed by atoms with Gasteiger partial charge in [0.1, 0.15) is 0 Å². The van der Waals surface area contributed by atoms with E-state index in [-0.39, 0.29) is 5.41 Å². The van der Waals surface area contributed by atoms with Crippen LogP contribution in [0.25, 0.3) is 0 Å². The summed E-state index contributed by atoms with van der Waals surface area (Å²) < 4.78 is 11.8. The van der Waals surface area contributed by atoms with Crippen molar-refractivity contribution in [1.29, 1.82) is 0 Å². The van der Waals surface area contributed by atoms with Gasteiger partial charge in [-0.25, -0.2) is 0 Å². The number of ether oxygens (including phenoxy) is 2. The van der Waals surface area contributed by atoms with Gasteiger partial charge in [-0.05, 0) is 53.1 Å². The Morgan fingerprint density at radius 1 is 1.29 bits per heavy atom. The van der Waals surface area contributed by atoms with Gasteiger partial charge in [-0.15, -0.1) is 0 Å². The second-order valence-corrected chi connectivity index (χ2v) is 5.40. The lowest BCUT2D eigenvalue weighted by atomic mass is 9.97. The molecule has 0 aromatic heterocycles. The van der Waals surface area contributed by atoms with Crippen LogP contribution in [0.15, 0.2) is 17.1 Å². The highest BCUT2D eigenvalue weighted by atomic mass is 127. The number of aliphatic imine (C=N–C) groups is 1. The van der Waals surface area contributed by atoms with Crippen molar-refractivity contribution in [2.75, 3.05) is 21.3 Å². The van der Waals surface area contributed by atoms with Gasteiger partial charge in [-0.3, -0.25) is 4.99 Å². The van der Waals surface area contributed by atoms with Crippen LogP contribution in [0, 0.1) is 3.57 Å². The first-order valence-electron chi connectivity index (χ1n) is 5.52. The van der Waals surface area contributed by atoms with Crippen LogP contribution in [0.4, 0.5) is 0 Å². The molecular formula is C13H16INO2. The molecule has 0 saturated heterocycles. The van der Waals surface area contributed by atoms with Crippen molar-refractivity contribution in [3.63, 3.8) is 0 Å². The lowest BCUT2D eigenvalue weighted by Crippen LogP contribution is -2.09. The van der Waals surface area contributed by atoms with Crippen LogP contribution in [0.2, 0.25) is 0 Å². The third kappa shape index (κ3) is 2.27. The smallest absolute Gasteiger partial charge is 0.174 e. The van der Waals surface area contributed by atoms with E-state index in [4.69, 9.17) is 9.47 Å². The van der Waals surface area contributed by atoms with Gasteiger partial charge in [0.15, 0.2) is 11.5 Å². The zero-order chi connectivity index (χ0) is 12.5. The second kappa shape index (κ2) is 4.84. The van der Waals surface area contributed by atoms with E-state index in [0.717, 1.165) is 27.9 Å². The van der Waals surface area contributed by atoms with Crippen molar-refractivity contribution in [2.45, 2.75) is 18.3 Å². The summed E-state index contributed by atoms with van der Waals surface area (Å²) in [4.78, 5) is 4.17. The van der Waals surface area contributed by atoms with Gasteiger partial charge in [-0.2, -0.15) is 0 Å². The minimum atomic E-state index is 0.133. The molecule has 1 aliphatic rings. The third-order valence-electron chi connectivity index (χ3n) is 3.17. The van der Waals surface area contributed by atoms with Crippen molar-refractivity contribution in [2.24, 2.45) is 4.99 Å². The van der Waals surface area contributed by atoms with Gasteiger partial charge >= 0.3 is 0 Å². The normalized spacial score (nSPS) is 17.2. The summed E-state index contributed by atoms with van der Waals surface area (Å²) >= 11 is 2.28. The van der Waals surface area contributed by atoms with Crippen molar-refractivity contribution in [1.82, 2.24) is 0 Å². The number of nitrogens with zero attached hydrogens (tertiary/aromatic N) is 1. The van der Waals surface area contributed by atoms with Crippen molar-refractivity contribution >= 4 is 28.8 Å². The molecule has 1 aromatic rings. The van der Waals surface area contributed by atoms with E-state index in [1.54, 1.807) is 14.2 Å². The minimum Gasteiger partial charge on any atom is -0.493 e. The van der Waals surface area contributed by atoms with Gasteiger partial charge in [0, 0.05) is 18.7 Å². The average molecular weight is 345 g/mol. The largest absolute Gasteiger partial charge is 0.493 e. The molecule has 0 spiro atoms. The van der Waals surface area contributed by atoms with Gasteiger partial charge < -0.3 is 9.47 Å². The molecule has 0 bridgehead atoms. The zero-order valence-corrected chi connectivity index (χ0v) is 12.4. The molecule has 0 heterocycles. The summed E-state index contributed by atoms with van der Waals surface area (Å²) in [5.74, 6) is 1.60. The molecular weight excluding hydrogens is 329 g/mol. The predicted molar refractivity (Wildman–Crippen MR) is 77.6 cm³/mol. The Kier molecular flexibility index (Phi) is 3.61. The topological polar surface area (TPSA) is 30.8 Å². The fourth-order valence-electron chi connectivity index (χ4n) is 2.08. The summed E-state index contributed by atoms with van der Waals surface area (Å²) in [5, 5.41) is 0. The Hall–Kier alpha value is -0.780. The first-order valence-corrected chi connectivity index (χ1v) is 6.60. The van der Waals surface area contributed by atoms with Gasteiger partial charge in [0.2, 0.25) is 0 Å². The molecule has 3 nitrogen and oxygen atoms in total. The van der Waals surface area contributed by atoms with Crippen LogP contribution >= 0.6 is 22.6 Å². The quantitative estimate of drug-likeness (QED) is 0.620. The number of benzene rings is 1. The van der Waals surface area contributed by atoms with Crippen molar-refractivity contribution < 1.29 is 9.47 Å². The molecule has 0 amide bonds. The van der Waals surface area contributed by atoms with Crippen LogP contribution in [-0.4, -0.2) is 27.5 Å². The lowest BCUT2D eigenvalue weighted by Gasteiger charge is -2.15. The van der Waals surface area contributed by atoms with E-state index >= 15 is 0 Å². The van der Waals surface area contributed by atoms with Crippen LogP contribution in [0.1, 0.15) is 18.4 Å². The van der Waals surface area contributed by atoms with E-state index in [9.17, 15) is 0 Å². The molecule has 17 heavy (non-hydrogen) atoms. The van der Waals surface area contributed by atoms with Gasteiger partial charge in [0.25, 0.3) is 0 Å². The Morgan fingerprint density at radius 2 is 2.00 bits per heavy atom. The molecule has 2 rings (SSSR count). The number of halogens is 1. The fourth-order valence-corrected chi connectivity index (χ4v) is 2.90. The Morgan fingerprint density at radius 3 is 2.47 bits per heavy atom. The summed E-state index contributed by atoms with van der Waals surface area (Å²) in [6.45, 7) is 0. The van der Waals surface area contributed by atoms with E-state index in [2.05, 4.69) is 39.7 Å². The highest BCUT2D eigenvalue weighted by Crippen LogP contribution is 2.49. The Bertz CT molecular complexity index is 453. The van der Waals surface area contributed by atoms with E-state index in [1.165, 1.54) is 5.56 Å². The first kappa shape index (κ1) is 12.7. The van der Waals surface area contributed by atoms with Crippen LogP contribution in [0.3, 0.4) is 0 Å². The monoisotopic (exact) mass is 345 g/mol. The van der Waals surface area contributed by atoms with E-state index in [0.29, 0.717) is 0 Å². The summed E-state index contributed by atoms with van der Waals surface area (Å²) in [5.41, 5.74) is 1.40. The number of hydrogen-bond donors (Lipinski definition) is 0. The zero-order valence-electron chi connectivity index (χ0n) is 10.3. The highest BCUT2D eigenvalue weighted by molar-refractivity contribution is 14.1. The summed E-state index contributed by atoms with van der Waals surface area (Å²) in [6, 6.07) is 4.23. The molecule has 0 radical (unpaired) electrons. The molecule has 1 aromatic carbocycles. The molecule has 1 fully saturated rings. The molecule has 0 atom stereocenters. The fraction of sp³-hybridized carbons (Fsp3) is 0.462. The maximum absolute atomic E-state index is 5.38. The van der Waals surface area contributed by atoms with Crippen LogP contribution in [0.5, 0.6) is 11.5 Å². The molecule has 4 heteroatoms. The average Bonchev–Trinajstić information content (AvgIpc) is 3.09. The standard InChI is InChI=1S/C13H16INO2/c1-15-8-13(4-5-13)9-6-10(14)12(17-3)11(7-9)16-2/h6-8H,4-5H2,1-3H3/b15-8+. The molecule has 1 saturated carbocycles. The Balaban J connectivity index is 2.47. The molecule has 92 valence electrons. The highest BCUT2D eigenvalue weighted by Gasteiger charge is 2.43. The lowest BCUT2D eigenvalue weighted by molar-refractivity contribution is 0.352. The van der Waals surface area contributed by atoms with Gasteiger partial charge in [-0.1, -0.05) is 0 Å². The molecule has 0 unspecified atom stereocenters. The van der Waals surface area contributed by atoms with Crippen molar-refractivity contribution in [3.05, 3.63) is 21.3 Å². The number of hydrogen-bond acceptors (Lipinski definition) is 3. The maximum Gasteiger partial charge on any atom is 0.174 e. The van der Waals surface area contributed by atoms with E-state index < -0.39 is 0 Å². The molecule has 0 aliphatic heterocycles. The second-order valence-electron chi connectivity index (χ2n) is 4.24. The molecule has 1 aliphatic carbocycles. The Labute approximate surface area is 115 Å². The predicted octanol–water partition coefficient (Wildman–Crippen LogP) is 3.04. The van der Waals surface area contributed by atoms with Crippen molar-refractivity contribution in [3.8, 4) is 11.5 Å². The van der Waals surface area contributed by atoms with Gasteiger partial charge in [0.05, 0.1) is 17.8 Å². The third-order valence-corrected chi connectivity index (χ3v) is 3.97. The number of methoxy groups -OCH3 is 2. The maximum atomic E-state index is 5.38. The molecule has 0 N–H and O–H groups in total. The summed E-state index contributed by atoms with van der Waals surface area (Å²) in [7, 11) is 5.16. The number of rotatable bonds is 4. The van der Waals surface area contributed by atoms with Crippen LogP contribution in [-0.2, 0) is 5.41 Å². The SMILES string of the molecule is C/N=C/C1(c2cc(I)c(OC)c(OC)c2)CC1. The summed E-state index contributed by atoms with van der Waals surface area (Å²) in [6.07, 6.45) is 4.37. The van der Waals surface area contributed by atoms with Crippen LogP contribution < -0.4 is 9.47 Å². The minimum absolute atomic E-state index is 0.133. The first-order chi connectivity index (χ1) is 8.16. The van der Waals surface area contributed by atoms with E-state index in [1.807, 2.05) is 13.3 Å².